The third-order valence-electron chi connectivity index (χ3n) is 3.97. The van der Waals surface area contributed by atoms with E-state index in [0.29, 0.717) is 16.9 Å². The monoisotopic (exact) mass is 510 g/mol. The molecule has 0 aliphatic heterocycles. The van der Waals surface area contributed by atoms with E-state index in [1.165, 1.54) is 15.0 Å². The summed E-state index contributed by atoms with van der Waals surface area (Å²) < 4.78 is 47.0. The van der Waals surface area contributed by atoms with Gasteiger partial charge in [-0.1, -0.05) is 60.5 Å². The summed E-state index contributed by atoms with van der Waals surface area (Å²) in [6.45, 7) is 0.273. The predicted octanol–water partition coefficient (Wildman–Crippen LogP) is 7.34. The van der Waals surface area contributed by atoms with Crippen LogP contribution in [0.5, 0.6) is 5.75 Å². The van der Waals surface area contributed by atoms with E-state index in [0.717, 1.165) is 11.6 Å². The lowest BCUT2D eigenvalue weighted by Gasteiger charge is -2.17. The molecule has 0 N–H and O–H groups in total. The summed E-state index contributed by atoms with van der Waals surface area (Å²) in [5.74, 6) is 3.12. The molecule has 0 amide bonds. The molecule has 3 aromatic rings. The molecular formula is C22H14F3IOS. The molecule has 0 bridgehead atoms. The van der Waals surface area contributed by atoms with Crippen molar-refractivity contribution >= 4 is 30.1 Å². The molecule has 1 nitrogen and oxygen atoms in total. The second-order valence-electron chi connectivity index (χ2n) is 5.83. The summed E-state index contributed by atoms with van der Waals surface area (Å²) in [5.41, 5.74) is 1.00. The predicted molar refractivity (Wildman–Crippen MR) is 116 cm³/mol. The fourth-order valence-corrected chi connectivity index (χ4v) is 3.21. The van der Waals surface area contributed by atoms with Crippen LogP contribution in [-0.4, -0.2) is 0 Å². The molecule has 0 aromatic heterocycles. The van der Waals surface area contributed by atoms with Gasteiger partial charge in [-0.05, 0) is 43.5 Å². The number of para-hydroxylation sites is 1. The highest BCUT2D eigenvalue weighted by atomic mass is 127. The lowest BCUT2D eigenvalue weighted by Crippen LogP contribution is -2.08. The second kappa shape index (κ2) is 9.39. The maximum absolute atomic E-state index is 13.7. The van der Waals surface area contributed by atoms with Gasteiger partial charge in [0.05, 0.1) is 5.56 Å². The van der Waals surface area contributed by atoms with Gasteiger partial charge in [-0.3, -0.25) is 0 Å². The zero-order valence-corrected chi connectivity index (χ0v) is 17.4. The molecule has 0 atom stereocenters. The minimum Gasteiger partial charge on any atom is -0.488 e. The van der Waals surface area contributed by atoms with E-state index in [-0.39, 0.29) is 12.2 Å². The number of alkyl halides is 3. The molecule has 3 aromatic carbocycles. The molecule has 0 fully saturated rings. The van der Waals surface area contributed by atoms with E-state index in [9.17, 15) is 13.2 Å². The third-order valence-corrected chi connectivity index (χ3v) is 4.81. The van der Waals surface area contributed by atoms with Crippen LogP contribution < -0.4 is 4.74 Å². The minimum absolute atomic E-state index is 0.0730. The van der Waals surface area contributed by atoms with E-state index in [2.05, 4.69) is 11.2 Å². The van der Waals surface area contributed by atoms with Crippen LogP contribution in [-0.2, 0) is 12.8 Å². The summed E-state index contributed by atoms with van der Waals surface area (Å²) in [6.07, 6.45) is -4.50. The van der Waals surface area contributed by atoms with Crippen molar-refractivity contribution in [2.45, 2.75) is 12.8 Å². The van der Waals surface area contributed by atoms with E-state index in [1.54, 1.807) is 30.3 Å². The molecular weight excluding hydrogens is 496 g/mol. The molecule has 142 valence electrons. The fraction of sp³-hybridized carbons (Fsp3) is 0.0909. The van der Waals surface area contributed by atoms with Crippen LogP contribution >= 0.6 is 30.1 Å². The highest BCUT2D eigenvalue weighted by Crippen LogP contribution is 2.41. The Hall–Kier alpha value is -2.11. The van der Waals surface area contributed by atoms with Gasteiger partial charge in [0.15, 0.2) is 0 Å². The largest absolute Gasteiger partial charge is 0.488 e. The van der Waals surface area contributed by atoms with Crippen LogP contribution in [0.25, 0.3) is 11.1 Å². The van der Waals surface area contributed by atoms with Crippen molar-refractivity contribution in [1.82, 2.24) is 0 Å². The Kier molecular flexibility index (Phi) is 6.92. The summed E-state index contributed by atoms with van der Waals surface area (Å²) in [5, 5.41) is 2.71. The molecule has 0 saturated carbocycles. The summed E-state index contributed by atoms with van der Waals surface area (Å²) >= 11 is 1.98. The van der Waals surface area contributed by atoms with Crippen molar-refractivity contribution in [1.29, 1.82) is 0 Å². The Balaban J connectivity index is 2.01. The van der Waals surface area contributed by atoms with Crippen molar-refractivity contribution in [3.63, 3.8) is 0 Å². The van der Waals surface area contributed by atoms with Gasteiger partial charge in [-0.15, -0.1) is 0 Å². The SMILES string of the molecule is FC(F)(F)c1cc(C#CSI)ccc1-c1ccccc1OCc1ccccc1. The molecule has 0 saturated heterocycles. The van der Waals surface area contributed by atoms with E-state index in [4.69, 9.17) is 4.74 Å². The standard InChI is InChI=1S/C22H14F3IOS/c23-22(24,25)20-14-16(12-13-28-26)10-11-18(20)19-8-4-5-9-21(19)27-15-17-6-2-1-3-7-17/h1-11,14H,15H2. The Morgan fingerprint density at radius 1 is 0.893 bits per heavy atom. The van der Waals surface area contributed by atoms with Crippen molar-refractivity contribution < 1.29 is 17.9 Å². The molecule has 3 rings (SSSR count). The zero-order valence-electron chi connectivity index (χ0n) is 14.5. The van der Waals surface area contributed by atoms with Crippen molar-refractivity contribution in [3.8, 4) is 28.0 Å². The lowest BCUT2D eigenvalue weighted by molar-refractivity contribution is -0.137. The number of halogens is 4. The van der Waals surface area contributed by atoms with Gasteiger partial charge in [-0.2, -0.15) is 13.2 Å². The van der Waals surface area contributed by atoms with Gasteiger partial charge in [0.25, 0.3) is 0 Å². The number of hydrogen-bond acceptors (Lipinski definition) is 2. The number of hydrogen-bond donors (Lipinski definition) is 0. The maximum atomic E-state index is 13.7. The number of rotatable bonds is 4. The zero-order chi connectivity index (χ0) is 20.0. The fourth-order valence-electron chi connectivity index (χ4n) is 2.72. The van der Waals surface area contributed by atoms with Gasteiger partial charge in [-0.25, -0.2) is 0 Å². The molecule has 0 aliphatic rings. The Morgan fingerprint density at radius 3 is 2.32 bits per heavy atom. The molecule has 0 spiro atoms. The third kappa shape index (κ3) is 5.24. The summed E-state index contributed by atoms with van der Waals surface area (Å²) in [4.78, 5) is 0. The van der Waals surface area contributed by atoms with Crippen LogP contribution in [0.1, 0.15) is 16.7 Å². The molecule has 0 aliphatic carbocycles. The topological polar surface area (TPSA) is 9.23 Å². The van der Waals surface area contributed by atoms with E-state index in [1.807, 2.05) is 51.5 Å². The minimum atomic E-state index is -4.50. The first-order chi connectivity index (χ1) is 13.5. The van der Waals surface area contributed by atoms with Crippen LogP contribution in [0.4, 0.5) is 13.2 Å². The van der Waals surface area contributed by atoms with Crippen LogP contribution in [0, 0.1) is 11.2 Å². The van der Waals surface area contributed by atoms with Gasteiger partial charge in [0.2, 0.25) is 0 Å². The smallest absolute Gasteiger partial charge is 0.417 e. The first-order valence-electron chi connectivity index (χ1n) is 8.25. The molecule has 0 radical (unpaired) electrons. The van der Waals surface area contributed by atoms with Crippen LogP contribution in [0.2, 0.25) is 0 Å². The van der Waals surface area contributed by atoms with Crippen molar-refractivity contribution in [2.24, 2.45) is 0 Å². The van der Waals surface area contributed by atoms with Crippen molar-refractivity contribution in [3.05, 3.63) is 89.5 Å². The van der Waals surface area contributed by atoms with Gasteiger partial charge < -0.3 is 4.74 Å². The molecule has 0 heterocycles. The quantitative estimate of drug-likeness (QED) is 0.268. The Bertz CT molecular complexity index is 1010. The number of ether oxygens (including phenoxy) is 1. The van der Waals surface area contributed by atoms with Crippen LogP contribution in [0.3, 0.4) is 0 Å². The summed E-state index contributed by atoms with van der Waals surface area (Å²) in [7, 11) is 1.22. The normalized spacial score (nSPS) is 10.9. The first-order valence-corrected chi connectivity index (χ1v) is 11.6. The van der Waals surface area contributed by atoms with Crippen LogP contribution in [0.15, 0.2) is 72.8 Å². The highest BCUT2D eigenvalue weighted by molar-refractivity contribution is 14.2. The van der Waals surface area contributed by atoms with Gasteiger partial charge in [0, 0.05) is 32.3 Å². The average Bonchev–Trinajstić information content (AvgIpc) is 2.71. The van der Waals surface area contributed by atoms with Gasteiger partial charge in [0.1, 0.15) is 12.4 Å². The molecule has 6 heteroatoms. The van der Waals surface area contributed by atoms with Gasteiger partial charge >= 0.3 is 6.18 Å². The second-order valence-corrected chi connectivity index (χ2v) is 7.51. The highest BCUT2D eigenvalue weighted by Gasteiger charge is 2.34. The molecule has 28 heavy (non-hydrogen) atoms. The lowest BCUT2D eigenvalue weighted by atomic mass is 9.96. The van der Waals surface area contributed by atoms with Crippen molar-refractivity contribution in [2.75, 3.05) is 0 Å². The number of benzene rings is 3. The average molecular weight is 510 g/mol. The maximum Gasteiger partial charge on any atom is 0.417 e. The molecule has 0 unspecified atom stereocenters. The first kappa shape index (κ1) is 20.6. The Morgan fingerprint density at radius 2 is 1.61 bits per heavy atom. The van der Waals surface area contributed by atoms with E-state index < -0.39 is 11.7 Å². The van der Waals surface area contributed by atoms with E-state index >= 15 is 0 Å². The Labute approximate surface area is 177 Å². The summed E-state index contributed by atoms with van der Waals surface area (Å²) in [6, 6.07) is 20.4.